The van der Waals surface area contributed by atoms with E-state index in [1.807, 2.05) is 0 Å². The number of piperidine rings is 1. The van der Waals surface area contributed by atoms with Gasteiger partial charge in [-0.1, -0.05) is 32.1 Å². The Bertz CT molecular complexity index is 806. The summed E-state index contributed by atoms with van der Waals surface area (Å²) < 4.78 is 5.12. The third kappa shape index (κ3) is 5.11. The van der Waals surface area contributed by atoms with Gasteiger partial charge >= 0.3 is 6.03 Å². The van der Waals surface area contributed by atoms with Gasteiger partial charge in [-0.2, -0.15) is 0 Å². The Kier molecular flexibility index (Phi) is 6.63. The van der Waals surface area contributed by atoms with Crippen molar-refractivity contribution in [1.82, 2.24) is 15.5 Å². The minimum Gasteiger partial charge on any atom is -0.497 e. The fourth-order valence-corrected chi connectivity index (χ4v) is 5.08. The number of urea groups is 1. The lowest BCUT2D eigenvalue weighted by atomic mass is 9.83. The van der Waals surface area contributed by atoms with Crippen molar-refractivity contribution in [2.45, 2.75) is 69.5 Å². The number of carbonyl (C=O) groups excluding carboxylic acids is 3. The van der Waals surface area contributed by atoms with Crippen LogP contribution >= 0.6 is 0 Å². The molecule has 1 aliphatic carbocycles. The maximum Gasteiger partial charge on any atom is 0.319 e. The molecule has 2 heterocycles. The Hall–Kier alpha value is -2.77. The van der Waals surface area contributed by atoms with Crippen LogP contribution in [0.15, 0.2) is 24.3 Å². The fourth-order valence-electron chi connectivity index (χ4n) is 5.08. The van der Waals surface area contributed by atoms with Crippen molar-refractivity contribution in [1.29, 1.82) is 0 Å². The monoisotopic (exact) mass is 428 g/mol. The highest BCUT2D eigenvalue weighted by molar-refractivity contribution is 5.97. The number of carbonyl (C=O) groups is 3. The summed E-state index contributed by atoms with van der Waals surface area (Å²) in [5, 5.41) is 8.71. The van der Waals surface area contributed by atoms with Crippen molar-refractivity contribution in [2.24, 2.45) is 5.92 Å². The standard InChI is InChI=1S/C23H32N4O4/c1-31-18-9-7-16(8-10-18)24-23(30)25-17-11-12-27-20(14-17)21(28)26-19(22(27)29)13-15-5-3-2-4-6-15/h7-10,15,17,19-20H,2-6,11-14H2,1H3,(H,26,28)(H2,24,25,30)/t17-,19+,20+/m1/s1. The Morgan fingerprint density at radius 1 is 1.13 bits per heavy atom. The van der Waals surface area contributed by atoms with Crippen molar-refractivity contribution in [3.05, 3.63) is 24.3 Å². The van der Waals surface area contributed by atoms with Gasteiger partial charge in [-0.3, -0.25) is 9.59 Å². The van der Waals surface area contributed by atoms with Crippen LogP contribution in [0.1, 0.15) is 51.4 Å². The number of hydrogen-bond donors (Lipinski definition) is 3. The molecule has 168 valence electrons. The first-order valence-corrected chi connectivity index (χ1v) is 11.4. The number of hydrogen-bond acceptors (Lipinski definition) is 4. The quantitative estimate of drug-likeness (QED) is 0.671. The highest BCUT2D eigenvalue weighted by Crippen LogP contribution is 2.30. The number of methoxy groups -OCH3 is 1. The summed E-state index contributed by atoms with van der Waals surface area (Å²) >= 11 is 0. The van der Waals surface area contributed by atoms with Crippen LogP contribution in [-0.4, -0.2) is 54.5 Å². The van der Waals surface area contributed by atoms with E-state index in [0.29, 0.717) is 36.7 Å². The molecule has 2 aliphatic heterocycles. The molecule has 0 radical (unpaired) electrons. The van der Waals surface area contributed by atoms with Crippen molar-refractivity contribution in [3.8, 4) is 5.75 Å². The van der Waals surface area contributed by atoms with Gasteiger partial charge in [-0.15, -0.1) is 0 Å². The predicted molar refractivity (Wildman–Crippen MR) is 117 cm³/mol. The molecule has 2 saturated heterocycles. The van der Waals surface area contributed by atoms with Crippen molar-refractivity contribution in [2.75, 3.05) is 19.0 Å². The number of piperazine rings is 1. The van der Waals surface area contributed by atoms with Gasteiger partial charge in [0.25, 0.3) is 0 Å². The van der Waals surface area contributed by atoms with Crippen LogP contribution < -0.4 is 20.7 Å². The van der Waals surface area contributed by atoms with E-state index in [1.54, 1.807) is 36.3 Å². The number of benzene rings is 1. The van der Waals surface area contributed by atoms with Crippen molar-refractivity contribution >= 4 is 23.5 Å². The van der Waals surface area contributed by atoms with Crippen LogP contribution in [0.5, 0.6) is 5.75 Å². The van der Waals surface area contributed by atoms with Crippen LogP contribution in [0.2, 0.25) is 0 Å². The van der Waals surface area contributed by atoms with Gasteiger partial charge in [0, 0.05) is 18.3 Å². The molecule has 8 heteroatoms. The molecular formula is C23H32N4O4. The molecule has 0 bridgehead atoms. The Morgan fingerprint density at radius 3 is 2.58 bits per heavy atom. The first kappa shape index (κ1) is 21.5. The zero-order valence-corrected chi connectivity index (χ0v) is 18.1. The lowest BCUT2D eigenvalue weighted by Gasteiger charge is -2.44. The van der Waals surface area contributed by atoms with Crippen LogP contribution in [0.4, 0.5) is 10.5 Å². The minimum absolute atomic E-state index is 0.0382. The van der Waals surface area contributed by atoms with Crippen LogP contribution in [0.25, 0.3) is 0 Å². The molecule has 0 spiro atoms. The van der Waals surface area contributed by atoms with Gasteiger partial charge in [0.05, 0.1) is 7.11 Å². The average molecular weight is 429 g/mol. The molecule has 1 aromatic carbocycles. The topological polar surface area (TPSA) is 99.8 Å². The Balaban J connectivity index is 1.29. The molecule has 0 unspecified atom stereocenters. The largest absolute Gasteiger partial charge is 0.497 e. The molecule has 4 amide bonds. The molecule has 3 N–H and O–H groups in total. The number of nitrogens with zero attached hydrogens (tertiary/aromatic N) is 1. The Labute approximate surface area is 183 Å². The van der Waals surface area contributed by atoms with Gasteiger partial charge in [0.1, 0.15) is 17.8 Å². The number of amides is 4. The number of anilines is 1. The van der Waals surface area contributed by atoms with E-state index in [-0.39, 0.29) is 23.9 Å². The van der Waals surface area contributed by atoms with Gasteiger partial charge < -0.3 is 25.6 Å². The van der Waals surface area contributed by atoms with Crippen LogP contribution in [0, 0.1) is 5.92 Å². The molecule has 3 aliphatic rings. The molecule has 3 fully saturated rings. The molecule has 31 heavy (non-hydrogen) atoms. The second kappa shape index (κ2) is 9.58. The van der Waals surface area contributed by atoms with Gasteiger partial charge in [0.2, 0.25) is 11.8 Å². The van der Waals surface area contributed by atoms with Gasteiger partial charge in [-0.05, 0) is 49.4 Å². The molecule has 1 aromatic rings. The maximum atomic E-state index is 13.0. The van der Waals surface area contributed by atoms with Gasteiger partial charge in [0.15, 0.2) is 0 Å². The van der Waals surface area contributed by atoms with E-state index in [4.69, 9.17) is 4.74 Å². The second-order valence-electron chi connectivity index (χ2n) is 8.90. The van der Waals surface area contributed by atoms with E-state index in [2.05, 4.69) is 16.0 Å². The number of rotatable bonds is 5. The smallest absolute Gasteiger partial charge is 0.319 e. The number of fused-ring (bicyclic) bond motifs is 1. The maximum absolute atomic E-state index is 13.0. The SMILES string of the molecule is COc1ccc(NC(=O)N[C@@H]2CCN3C(=O)[C@H](CC4CCCCC4)NC(=O)[C@@H]3C2)cc1. The third-order valence-corrected chi connectivity index (χ3v) is 6.78. The van der Waals surface area contributed by atoms with Crippen molar-refractivity contribution in [3.63, 3.8) is 0 Å². The third-order valence-electron chi connectivity index (χ3n) is 6.78. The summed E-state index contributed by atoms with van der Waals surface area (Å²) in [4.78, 5) is 39.9. The first-order valence-electron chi connectivity index (χ1n) is 11.4. The summed E-state index contributed by atoms with van der Waals surface area (Å²) in [6.07, 6.45) is 7.84. The molecule has 1 saturated carbocycles. The molecular weight excluding hydrogens is 396 g/mol. The normalized spacial score (nSPS) is 26.6. The highest BCUT2D eigenvalue weighted by atomic mass is 16.5. The van der Waals surface area contributed by atoms with Crippen LogP contribution in [-0.2, 0) is 9.59 Å². The van der Waals surface area contributed by atoms with Crippen LogP contribution in [0.3, 0.4) is 0 Å². The second-order valence-corrected chi connectivity index (χ2v) is 8.90. The number of nitrogens with one attached hydrogen (secondary N) is 3. The zero-order valence-electron chi connectivity index (χ0n) is 18.1. The lowest BCUT2D eigenvalue weighted by molar-refractivity contribution is -0.152. The highest BCUT2D eigenvalue weighted by Gasteiger charge is 2.44. The predicted octanol–water partition coefficient (Wildman–Crippen LogP) is 2.65. The summed E-state index contributed by atoms with van der Waals surface area (Å²) in [6, 6.07) is 5.70. The average Bonchev–Trinajstić information content (AvgIpc) is 2.78. The fraction of sp³-hybridized carbons (Fsp3) is 0.609. The summed E-state index contributed by atoms with van der Waals surface area (Å²) in [6.45, 7) is 0.492. The van der Waals surface area contributed by atoms with Crippen molar-refractivity contribution < 1.29 is 19.1 Å². The first-order chi connectivity index (χ1) is 15.0. The lowest BCUT2D eigenvalue weighted by Crippen LogP contribution is -2.67. The van der Waals surface area contributed by atoms with E-state index >= 15 is 0 Å². The van der Waals surface area contributed by atoms with E-state index in [9.17, 15) is 14.4 Å². The number of ether oxygens (including phenoxy) is 1. The molecule has 8 nitrogen and oxygen atoms in total. The summed E-state index contributed by atoms with van der Waals surface area (Å²) in [7, 11) is 1.59. The molecule has 0 aromatic heterocycles. The molecule has 3 atom stereocenters. The minimum atomic E-state index is -0.504. The zero-order chi connectivity index (χ0) is 21.8. The Morgan fingerprint density at radius 2 is 1.87 bits per heavy atom. The summed E-state index contributed by atoms with van der Waals surface area (Å²) in [5.41, 5.74) is 0.659. The van der Waals surface area contributed by atoms with E-state index in [1.165, 1.54) is 19.3 Å². The van der Waals surface area contributed by atoms with E-state index < -0.39 is 12.1 Å². The van der Waals surface area contributed by atoms with Gasteiger partial charge in [-0.25, -0.2) is 4.79 Å². The summed E-state index contributed by atoms with van der Waals surface area (Å²) in [5.74, 6) is 1.19. The molecule has 4 rings (SSSR count). The van der Waals surface area contributed by atoms with E-state index in [0.717, 1.165) is 19.3 Å².